The number of piperazine rings is 1. The minimum Gasteiger partial charge on any atom is -0.316 e. The quantitative estimate of drug-likeness (QED) is 0.755. The molecule has 2 heterocycles. The monoisotopic (exact) mass is 281 g/mol. The molecular weight excluding hydrogens is 246 g/mol. The summed E-state index contributed by atoms with van der Waals surface area (Å²) in [6.07, 6.45) is 5.55. The number of piperidine rings is 1. The molecular formula is C17H35N3. The SMILES string of the molecule is CC(C)CNCCC(C)N1CC2CCCCN2CC1C. The van der Waals surface area contributed by atoms with E-state index in [1.165, 1.54) is 45.3 Å². The fourth-order valence-electron chi connectivity index (χ4n) is 3.86. The summed E-state index contributed by atoms with van der Waals surface area (Å²) in [5.74, 6) is 0.759. The zero-order valence-corrected chi connectivity index (χ0v) is 14.1. The summed E-state index contributed by atoms with van der Waals surface area (Å²) in [5.41, 5.74) is 0. The van der Waals surface area contributed by atoms with Crippen LogP contribution in [0.15, 0.2) is 0 Å². The fraction of sp³-hybridized carbons (Fsp3) is 1.00. The molecule has 118 valence electrons. The van der Waals surface area contributed by atoms with Crippen LogP contribution in [0.3, 0.4) is 0 Å². The maximum atomic E-state index is 3.59. The fourth-order valence-corrected chi connectivity index (χ4v) is 3.86. The molecule has 20 heavy (non-hydrogen) atoms. The molecule has 3 unspecified atom stereocenters. The van der Waals surface area contributed by atoms with Crippen LogP contribution < -0.4 is 5.32 Å². The molecule has 0 bridgehead atoms. The van der Waals surface area contributed by atoms with Gasteiger partial charge in [0.2, 0.25) is 0 Å². The smallest absolute Gasteiger partial charge is 0.0224 e. The van der Waals surface area contributed by atoms with Crippen molar-refractivity contribution in [2.24, 2.45) is 5.92 Å². The molecule has 3 heteroatoms. The Morgan fingerprint density at radius 2 is 1.95 bits per heavy atom. The molecule has 2 aliphatic heterocycles. The molecule has 2 rings (SSSR count). The molecule has 0 aromatic heterocycles. The average Bonchev–Trinajstić information content (AvgIpc) is 2.42. The van der Waals surface area contributed by atoms with Gasteiger partial charge in [-0.15, -0.1) is 0 Å². The van der Waals surface area contributed by atoms with Gasteiger partial charge in [-0.1, -0.05) is 20.3 Å². The lowest BCUT2D eigenvalue weighted by molar-refractivity contribution is -0.00552. The summed E-state index contributed by atoms with van der Waals surface area (Å²) in [7, 11) is 0. The summed E-state index contributed by atoms with van der Waals surface area (Å²) >= 11 is 0. The van der Waals surface area contributed by atoms with Crippen LogP contribution in [0.25, 0.3) is 0 Å². The van der Waals surface area contributed by atoms with Crippen LogP contribution in [0.4, 0.5) is 0 Å². The van der Waals surface area contributed by atoms with Crippen LogP contribution in [0.5, 0.6) is 0 Å². The lowest BCUT2D eigenvalue weighted by Crippen LogP contribution is -2.60. The van der Waals surface area contributed by atoms with Crippen molar-refractivity contribution in [2.75, 3.05) is 32.7 Å². The molecule has 0 saturated carbocycles. The molecule has 2 saturated heterocycles. The molecule has 0 aromatic rings. The standard InChI is InChI=1S/C17H35N3/c1-14(2)11-18-9-8-15(3)20-13-17-7-5-6-10-19(17)12-16(20)4/h14-18H,5-13H2,1-4H3. The summed E-state index contributed by atoms with van der Waals surface area (Å²) in [6.45, 7) is 15.6. The number of fused-ring (bicyclic) bond motifs is 1. The minimum absolute atomic E-state index is 0.716. The second-order valence-corrected chi connectivity index (χ2v) is 7.43. The largest absolute Gasteiger partial charge is 0.316 e. The van der Waals surface area contributed by atoms with E-state index in [2.05, 4.69) is 42.8 Å². The molecule has 3 nitrogen and oxygen atoms in total. The van der Waals surface area contributed by atoms with Gasteiger partial charge in [-0.05, 0) is 58.7 Å². The lowest BCUT2D eigenvalue weighted by Gasteiger charge is -2.49. The molecule has 3 atom stereocenters. The third-order valence-corrected chi connectivity index (χ3v) is 5.09. The van der Waals surface area contributed by atoms with Gasteiger partial charge in [0.1, 0.15) is 0 Å². The Labute approximate surface area is 126 Å². The summed E-state index contributed by atoms with van der Waals surface area (Å²) in [5, 5.41) is 3.59. The zero-order chi connectivity index (χ0) is 14.5. The zero-order valence-electron chi connectivity index (χ0n) is 14.1. The molecule has 1 N–H and O–H groups in total. The Hall–Kier alpha value is -0.120. The van der Waals surface area contributed by atoms with E-state index in [0.717, 1.165) is 31.1 Å². The molecule has 0 radical (unpaired) electrons. The topological polar surface area (TPSA) is 18.5 Å². The highest BCUT2D eigenvalue weighted by atomic mass is 15.3. The first-order chi connectivity index (χ1) is 9.58. The molecule has 0 aliphatic carbocycles. The van der Waals surface area contributed by atoms with E-state index in [1.807, 2.05) is 0 Å². The Bertz CT molecular complexity index is 279. The van der Waals surface area contributed by atoms with Crippen LogP contribution in [0.2, 0.25) is 0 Å². The third kappa shape index (κ3) is 4.44. The Balaban J connectivity index is 1.75. The van der Waals surface area contributed by atoms with Crippen molar-refractivity contribution in [3.8, 4) is 0 Å². The first-order valence-electron chi connectivity index (χ1n) is 8.78. The Morgan fingerprint density at radius 3 is 2.70 bits per heavy atom. The molecule has 2 fully saturated rings. The predicted molar refractivity (Wildman–Crippen MR) is 87.2 cm³/mol. The second-order valence-electron chi connectivity index (χ2n) is 7.43. The van der Waals surface area contributed by atoms with Crippen molar-refractivity contribution in [2.45, 2.75) is 71.5 Å². The van der Waals surface area contributed by atoms with Gasteiger partial charge in [-0.2, -0.15) is 0 Å². The molecule has 0 amide bonds. The van der Waals surface area contributed by atoms with Gasteiger partial charge in [-0.25, -0.2) is 0 Å². The highest BCUT2D eigenvalue weighted by Gasteiger charge is 2.34. The minimum atomic E-state index is 0.716. The highest BCUT2D eigenvalue weighted by molar-refractivity contribution is 4.91. The van der Waals surface area contributed by atoms with Crippen molar-refractivity contribution >= 4 is 0 Å². The van der Waals surface area contributed by atoms with Crippen LogP contribution >= 0.6 is 0 Å². The normalized spacial score (nSPS) is 30.4. The molecule has 0 spiro atoms. The number of hydrogen-bond donors (Lipinski definition) is 1. The number of rotatable bonds is 6. The van der Waals surface area contributed by atoms with Crippen LogP contribution in [0.1, 0.15) is 53.4 Å². The van der Waals surface area contributed by atoms with E-state index < -0.39 is 0 Å². The Morgan fingerprint density at radius 1 is 1.15 bits per heavy atom. The van der Waals surface area contributed by atoms with Crippen molar-refractivity contribution in [3.05, 3.63) is 0 Å². The number of nitrogens with one attached hydrogen (secondary N) is 1. The number of nitrogens with zero attached hydrogens (tertiary/aromatic N) is 2. The first kappa shape index (κ1) is 16.3. The van der Waals surface area contributed by atoms with Gasteiger partial charge >= 0.3 is 0 Å². The summed E-state index contributed by atoms with van der Waals surface area (Å²) < 4.78 is 0. The second kappa shape index (κ2) is 7.77. The molecule has 0 aromatic carbocycles. The summed E-state index contributed by atoms with van der Waals surface area (Å²) in [6, 6.07) is 2.28. The maximum absolute atomic E-state index is 3.59. The van der Waals surface area contributed by atoms with E-state index in [0.29, 0.717) is 6.04 Å². The lowest BCUT2D eigenvalue weighted by atomic mass is 9.95. The molecule has 2 aliphatic rings. The van der Waals surface area contributed by atoms with E-state index in [1.54, 1.807) is 0 Å². The van der Waals surface area contributed by atoms with Crippen LogP contribution in [-0.4, -0.2) is 60.6 Å². The Kier molecular flexibility index (Phi) is 6.31. The van der Waals surface area contributed by atoms with Gasteiger partial charge in [-0.3, -0.25) is 9.80 Å². The predicted octanol–water partition coefficient (Wildman–Crippen LogP) is 2.57. The van der Waals surface area contributed by atoms with E-state index in [9.17, 15) is 0 Å². The number of hydrogen-bond acceptors (Lipinski definition) is 3. The van der Waals surface area contributed by atoms with Crippen molar-refractivity contribution < 1.29 is 0 Å². The first-order valence-corrected chi connectivity index (χ1v) is 8.78. The van der Waals surface area contributed by atoms with Gasteiger partial charge in [0.25, 0.3) is 0 Å². The summed E-state index contributed by atoms with van der Waals surface area (Å²) in [4.78, 5) is 5.51. The van der Waals surface area contributed by atoms with Crippen LogP contribution in [0, 0.1) is 5.92 Å². The van der Waals surface area contributed by atoms with Gasteiger partial charge in [0.05, 0.1) is 0 Å². The van der Waals surface area contributed by atoms with Gasteiger partial charge < -0.3 is 5.32 Å². The average molecular weight is 281 g/mol. The van der Waals surface area contributed by atoms with Crippen molar-refractivity contribution in [3.63, 3.8) is 0 Å². The highest BCUT2D eigenvalue weighted by Crippen LogP contribution is 2.25. The third-order valence-electron chi connectivity index (χ3n) is 5.09. The van der Waals surface area contributed by atoms with Gasteiger partial charge in [0, 0.05) is 31.2 Å². The van der Waals surface area contributed by atoms with E-state index in [-0.39, 0.29) is 0 Å². The van der Waals surface area contributed by atoms with Crippen molar-refractivity contribution in [1.29, 1.82) is 0 Å². The van der Waals surface area contributed by atoms with Gasteiger partial charge in [0.15, 0.2) is 0 Å². The van der Waals surface area contributed by atoms with Crippen LogP contribution in [-0.2, 0) is 0 Å². The maximum Gasteiger partial charge on any atom is 0.0224 e. The van der Waals surface area contributed by atoms with E-state index in [4.69, 9.17) is 0 Å². The van der Waals surface area contributed by atoms with Crippen molar-refractivity contribution in [1.82, 2.24) is 15.1 Å². The van der Waals surface area contributed by atoms with E-state index >= 15 is 0 Å².